The van der Waals surface area contributed by atoms with Crippen LogP contribution in [-0.2, 0) is 6.61 Å². The Morgan fingerprint density at radius 2 is 1.94 bits per heavy atom. The number of aliphatic hydroxyl groups is 1. The van der Waals surface area contributed by atoms with Crippen LogP contribution in [0.3, 0.4) is 0 Å². The fourth-order valence-corrected chi connectivity index (χ4v) is 1.59. The first kappa shape index (κ1) is 11.3. The van der Waals surface area contributed by atoms with Gasteiger partial charge in [0.2, 0.25) is 0 Å². The number of aromatic carboxylic acids is 1. The third kappa shape index (κ3) is 2.32. The predicted molar refractivity (Wildman–Crippen MR) is 62.6 cm³/mol. The summed E-state index contributed by atoms with van der Waals surface area (Å²) in [7, 11) is 0. The van der Waals surface area contributed by atoms with Gasteiger partial charge < -0.3 is 10.2 Å². The molecule has 2 aromatic rings. The molecule has 1 aromatic heterocycles. The second kappa shape index (κ2) is 4.76. The summed E-state index contributed by atoms with van der Waals surface area (Å²) in [6, 6.07) is 10.5. The van der Waals surface area contributed by atoms with E-state index in [9.17, 15) is 9.90 Å². The average Bonchev–Trinajstić information content (AvgIpc) is 2.39. The zero-order valence-electron chi connectivity index (χ0n) is 9.00. The van der Waals surface area contributed by atoms with E-state index in [2.05, 4.69) is 4.98 Å². The van der Waals surface area contributed by atoms with Crippen molar-refractivity contribution in [3.8, 4) is 11.3 Å². The molecule has 4 heteroatoms. The Kier molecular flexibility index (Phi) is 3.16. The van der Waals surface area contributed by atoms with Crippen LogP contribution in [0, 0.1) is 0 Å². The van der Waals surface area contributed by atoms with Crippen molar-refractivity contribution in [2.75, 3.05) is 0 Å². The van der Waals surface area contributed by atoms with Crippen LogP contribution >= 0.6 is 0 Å². The molecular weight excluding hydrogens is 218 g/mol. The lowest BCUT2D eigenvalue weighted by Crippen LogP contribution is -1.98. The van der Waals surface area contributed by atoms with E-state index < -0.39 is 5.97 Å². The minimum absolute atomic E-state index is 0.0709. The number of aromatic nitrogens is 1. The van der Waals surface area contributed by atoms with Crippen LogP contribution in [0.15, 0.2) is 42.6 Å². The van der Waals surface area contributed by atoms with Crippen molar-refractivity contribution >= 4 is 5.97 Å². The molecule has 1 aromatic carbocycles. The molecule has 0 fully saturated rings. The highest BCUT2D eigenvalue weighted by molar-refractivity contribution is 5.87. The van der Waals surface area contributed by atoms with E-state index in [-0.39, 0.29) is 12.2 Å². The van der Waals surface area contributed by atoms with Crippen LogP contribution < -0.4 is 0 Å². The zero-order valence-corrected chi connectivity index (χ0v) is 9.00. The number of nitrogens with zero attached hydrogens (tertiary/aromatic N) is 1. The fraction of sp³-hybridized carbons (Fsp3) is 0.0769. The summed E-state index contributed by atoms with van der Waals surface area (Å²) in [5.74, 6) is -1.00. The summed E-state index contributed by atoms with van der Waals surface area (Å²) < 4.78 is 0. The maximum atomic E-state index is 10.7. The highest BCUT2D eigenvalue weighted by Crippen LogP contribution is 2.21. The van der Waals surface area contributed by atoms with Crippen LogP contribution in [0.25, 0.3) is 11.3 Å². The lowest BCUT2D eigenvalue weighted by molar-refractivity contribution is 0.0696. The van der Waals surface area contributed by atoms with Crippen LogP contribution in [0.4, 0.5) is 0 Å². The second-order valence-electron chi connectivity index (χ2n) is 3.55. The Morgan fingerprint density at radius 3 is 2.53 bits per heavy atom. The molecule has 0 aliphatic rings. The van der Waals surface area contributed by atoms with Gasteiger partial charge in [-0.15, -0.1) is 0 Å². The minimum Gasteiger partial charge on any atom is -0.478 e. The van der Waals surface area contributed by atoms with Crippen LogP contribution in [0.1, 0.15) is 15.9 Å². The first-order valence-electron chi connectivity index (χ1n) is 5.11. The minimum atomic E-state index is -1.00. The topological polar surface area (TPSA) is 70.4 Å². The van der Waals surface area contributed by atoms with Gasteiger partial charge in [0.05, 0.1) is 17.9 Å². The molecule has 0 aliphatic carbocycles. The molecular formula is C13H11NO3. The number of carboxylic acids is 1. The Labute approximate surface area is 98.2 Å². The number of pyridine rings is 1. The number of aliphatic hydroxyl groups excluding tert-OH is 1. The molecule has 0 unspecified atom stereocenters. The van der Waals surface area contributed by atoms with E-state index in [0.29, 0.717) is 5.69 Å². The quantitative estimate of drug-likeness (QED) is 0.843. The first-order chi connectivity index (χ1) is 8.22. The van der Waals surface area contributed by atoms with Crippen molar-refractivity contribution in [3.05, 3.63) is 53.7 Å². The summed E-state index contributed by atoms with van der Waals surface area (Å²) in [5, 5.41) is 18.0. The van der Waals surface area contributed by atoms with Gasteiger partial charge in [-0.1, -0.05) is 24.3 Å². The first-order valence-corrected chi connectivity index (χ1v) is 5.11. The highest BCUT2D eigenvalue weighted by atomic mass is 16.4. The molecule has 2 rings (SSSR count). The lowest BCUT2D eigenvalue weighted by Gasteiger charge is -2.06. The number of rotatable bonds is 3. The molecule has 4 nitrogen and oxygen atoms in total. The highest BCUT2D eigenvalue weighted by Gasteiger charge is 2.07. The van der Waals surface area contributed by atoms with Gasteiger partial charge >= 0.3 is 5.97 Å². The van der Waals surface area contributed by atoms with Gasteiger partial charge in [-0.3, -0.25) is 4.98 Å². The SMILES string of the molecule is O=C(O)c1ccc(-c2ccccc2CO)nc1. The standard InChI is InChI=1S/C13H11NO3/c15-8-10-3-1-2-4-11(10)12-6-5-9(7-14-12)13(16)17/h1-7,15H,8H2,(H,16,17). The average molecular weight is 229 g/mol. The van der Waals surface area contributed by atoms with E-state index in [1.54, 1.807) is 6.07 Å². The Bertz CT molecular complexity index is 535. The summed E-state index contributed by atoms with van der Waals surface area (Å²) in [6.45, 7) is -0.0709. The molecule has 1 heterocycles. The molecule has 0 bridgehead atoms. The molecule has 0 atom stereocenters. The number of carboxylic acid groups (broad SMARTS) is 1. The lowest BCUT2D eigenvalue weighted by atomic mass is 10.0. The van der Waals surface area contributed by atoms with Gasteiger partial charge in [-0.25, -0.2) is 4.79 Å². The normalized spacial score (nSPS) is 10.2. The molecule has 0 amide bonds. The largest absolute Gasteiger partial charge is 0.478 e. The molecule has 86 valence electrons. The molecule has 2 N–H and O–H groups in total. The van der Waals surface area contributed by atoms with Crippen molar-refractivity contribution in [3.63, 3.8) is 0 Å². The van der Waals surface area contributed by atoms with E-state index >= 15 is 0 Å². The van der Waals surface area contributed by atoms with Crippen LogP contribution in [0.2, 0.25) is 0 Å². The molecule has 0 spiro atoms. The van der Waals surface area contributed by atoms with Crippen molar-refractivity contribution in [1.29, 1.82) is 0 Å². The molecule has 17 heavy (non-hydrogen) atoms. The maximum absolute atomic E-state index is 10.7. The molecule has 0 saturated heterocycles. The summed E-state index contributed by atoms with van der Waals surface area (Å²) >= 11 is 0. The molecule has 0 saturated carbocycles. The summed E-state index contributed by atoms with van der Waals surface area (Å²) in [5.41, 5.74) is 2.38. The van der Waals surface area contributed by atoms with Gasteiger partial charge in [0, 0.05) is 11.8 Å². The van der Waals surface area contributed by atoms with Crippen molar-refractivity contribution < 1.29 is 15.0 Å². The van der Waals surface area contributed by atoms with Crippen molar-refractivity contribution in [2.24, 2.45) is 0 Å². The van der Waals surface area contributed by atoms with Crippen LogP contribution in [-0.4, -0.2) is 21.2 Å². The van der Waals surface area contributed by atoms with E-state index in [4.69, 9.17) is 5.11 Å². The monoisotopic (exact) mass is 229 g/mol. The Balaban J connectivity index is 2.43. The Hall–Kier alpha value is -2.20. The Morgan fingerprint density at radius 1 is 1.18 bits per heavy atom. The van der Waals surface area contributed by atoms with Gasteiger partial charge in [0.15, 0.2) is 0 Å². The summed E-state index contributed by atoms with van der Waals surface area (Å²) in [4.78, 5) is 14.8. The van der Waals surface area contributed by atoms with Crippen LogP contribution in [0.5, 0.6) is 0 Å². The van der Waals surface area contributed by atoms with E-state index in [1.807, 2.05) is 24.3 Å². The third-order valence-corrected chi connectivity index (χ3v) is 2.47. The van der Waals surface area contributed by atoms with Gasteiger partial charge in [-0.05, 0) is 17.7 Å². The second-order valence-corrected chi connectivity index (χ2v) is 3.55. The van der Waals surface area contributed by atoms with Gasteiger partial charge in [0.25, 0.3) is 0 Å². The smallest absolute Gasteiger partial charge is 0.337 e. The number of hydrogen-bond acceptors (Lipinski definition) is 3. The molecule has 0 radical (unpaired) electrons. The van der Waals surface area contributed by atoms with Crippen molar-refractivity contribution in [2.45, 2.75) is 6.61 Å². The predicted octanol–water partition coefficient (Wildman–Crippen LogP) is 1.94. The number of benzene rings is 1. The number of hydrogen-bond donors (Lipinski definition) is 2. The third-order valence-electron chi connectivity index (χ3n) is 2.47. The van der Waals surface area contributed by atoms with Crippen molar-refractivity contribution in [1.82, 2.24) is 4.98 Å². The van der Waals surface area contributed by atoms with E-state index in [1.165, 1.54) is 12.3 Å². The number of carbonyl (C=O) groups is 1. The van der Waals surface area contributed by atoms with Gasteiger partial charge in [-0.2, -0.15) is 0 Å². The van der Waals surface area contributed by atoms with E-state index in [0.717, 1.165) is 11.1 Å². The molecule has 0 aliphatic heterocycles. The summed E-state index contributed by atoms with van der Waals surface area (Å²) in [6.07, 6.45) is 1.31. The maximum Gasteiger partial charge on any atom is 0.337 e. The van der Waals surface area contributed by atoms with Gasteiger partial charge in [0.1, 0.15) is 0 Å². The fourth-order valence-electron chi connectivity index (χ4n) is 1.59. The zero-order chi connectivity index (χ0) is 12.3.